The van der Waals surface area contributed by atoms with Gasteiger partial charge >= 0.3 is 11.9 Å². The fourth-order valence-electron chi connectivity index (χ4n) is 2.02. The van der Waals surface area contributed by atoms with E-state index in [1.807, 2.05) is 6.07 Å². The molecule has 24 heavy (non-hydrogen) atoms. The van der Waals surface area contributed by atoms with Crippen molar-refractivity contribution >= 4 is 23.3 Å². The van der Waals surface area contributed by atoms with Crippen molar-refractivity contribution in [1.29, 1.82) is 0 Å². The molecular formula is C16H12N2O6. The van der Waals surface area contributed by atoms with Gasteiger partial charge in [-0.1, -0.05) is 36.4 Å². The van der Waals surface area contributed by atoms with Gasteiger partial charge in [-0.25, -0.2) is 9.59 Å². The molecule has 0 fully saturated rings. The number of benzene rings is 2. The fourth-order valence-corrected chi connectivity index (χ4v) is 2.02. The van der Waals surface area contributed by atoms with Crippen LogP contribution in [0.2, 0.25) is 0 Å². The largest absolute Gasteiger partial charge is 0.478 e. The molecule has 122 valence electrons. The van der Waals surface area contributed by atoms with Gasteiger partial charge in [-0.15, -0.1) is 0 Å². The molecule has 0 heterocycles. The van der Waals surface area contributed by atoms with Crippen LogP contribution in [0.5, 0.6) is 0 Å². The summed E-state index contributed by atoms with van der Waals surface area (Å²) in [6, 6.07) is 13.1. The van der Waals surface area contributed by atoms with Gasteiger partial charge in [0.15, 0.2) is 0 Å². The number of hydrogen-bond donors (Lipinski definition) is 3. The first-order chi connectivity index (χ1) is 11.4. The zero-order chi connectivity index (χ0) is 17.7. The van der Waals surface area contributed by atoms with E-state index in [9.17, 15) is 19.7 Å². The van der Waals surface area contributed by atoms with E-state index in [-0.39, 0.29) is 11.4 Å². The monoisotopic (exact) mass is 328 g/mol. The van der Waals surface area contributed by atoms with Crippen LogP contribution in [0.15, 0.2) is 60.3 Å². The third-order valence-corrected chi connectivity index (χ3v) is 3.07. The Labute approximate surface area is 135 Å². The number of hydrogen-bond acceptors (Lipinski definition) is 5. The average Bonchev–Trinajstić information content (AvgIpc) is 2.54. The van der Waals surface area contributed by atoms with E-state index < -0.39 is 22.6 Å². The van der Waals surface area contributed by atoms with Gasteiger partial charge in [0.05, 0.1) is 11.0 Å². The molecule has 2 rings (SSSR count). The Hall–Kier alpha value is -3.68. The van der Waals surface area contributed by atoms with Gasteiger partial charge in [0.1, 0.15) is 11.4 Å². The predicted molar refractivity (Wildman–Crippen MR) is 85.5 cm³/mol. The highest BCUT2D eigenvalue weighted by atomic mass is 16.6. The normalized spacial score (nSPS) is 10.9. The second-order valence-electron chi connectivity index (χ2n) is 4.68. The number of rotatable bonds is 6. The van der Waals surface area contributed by atoms with Gasteiger partial charge in [0.25, 0.3) is 5.69 Å². The summed E-state index contributed by atoms with van der Waals surface area (Å²) < 4.78 is 0. The molecule has 2 aromatic carbocycles. The number of carboxylic acids is 2. The van der Waals surface area contributed by atoms with Crippen LogP contribution in [-0.4, -0.2) is 27.1 Å². The number of carboxylic acid groups (broad SMARTS) is 2. The number of nitro benzene ring substituents is 1. The Kier molecular flexibility index (Phi) is 4.90. The second kappa shape index (κ2) is 7.05. The van der Waals surface area contributed by atoms with E-state index in [0.717, 1.165) is 5.56 Å². The van der Waals surface area contributed by atoms with Crippen LogP contribution in [0, 0.1) is 10.1 Å². The maximum absolute atomic E-state index is 11.3. The molecule has 0 atom stereocenters. The van der Waals surface area contributed by atoms with Crippen LogP contribution < -0.4 is 5.32 Å². The molecule has 0 saturated carbocycles. The third kappa shape index (κ3) is 3.95. The van der Waals surface area contributed by atoms with Crippen molar-refractivity contribution < 1.29 is 24.7 Å². The Morgan fingerprint density at radius 2 is 1.71 bits per heavy atom. The van der Waals surface area contributed by atoms with Crippen LogP contribution in [0.25, 0.3) is 11.1 Å². The molecule has 8 nitrogen and oxygen atoms in total. The maximum Gasteiger partial charge on any atom is 0.352 e. The van der Waals surface area contributed by atoms with Crippen LogP contribution >= 0.6 is 0 Å². The topological polar surface area (TPSA) is 130 Å². The number of carbonyl (C=O) groups is 2. The molecule has 0 aromatic heterocycles. The van der Waals surface area contributed by atoms with Crippen LogP contribution in [0.1, 0.15) is 0 Å². The van der Waals surface area contributed by atoms with Crippen LogP contribution in [-0.2, 0) is 9.59 Å². The Morgan fingerprint density at radius 3 is 2.25 bits per heavy atom. The molecule has 0 spiro atoms. The van der Waals surface area contributed by atoms with Gasteiger partial charge in [-0.3, -0.25) is 10.1 Å². The van der Waals surface area contributed by atoms with Gasteiger partial charge in [0, 0.05) is 6.07 Å². The lowest BCUT2D eigenvalue weighted by molar-refractivity contribution is -0.383. The molecule has 0 saturated heterocycles. The summed E-state index contributed by atoms with van der Waals surface area (Å²) in [6.45, 7) is 0. The molecule has 0 radical (unpaired) electrons. The molecule has 0 aliphatic heterocycles. The van der Waals surface area contributed by atoms with Crippen molar-refractivity contribution in [3.8, 4) is 11.1 Å². The first kappa shape index (κ1) is 16.7. The summed E-state index contributed by atoms with van der Waals surface area (Å²) in [5.41, 5.74) is 0.167. The van der Waals surface area contributed by atoms with E-state index in [1.54, 1.807) is 30.3 Å². The van der Waals surface area contributed by atoms with Crippen LogP contribution in [0.3, 0.4) is 0 Å². The molecular weight excluding hydrogens is 316 g/mol. The number of aliphatic carboxylic acids is 2. The lowest BCUT2D eigenvalue weighted by Crippen LogP contribution is -2.13. The Bertz CT molecular complexity index is 830. The van der Waals surface area contributed by atoms with E-state index >= 15 is 0 Å². The van der Waals surface area contributed by atoms with Crippen molar-refractivity contribution in [2.45, 2.75) is 0 Å². The lowest BCUT2D eigenvalue weighted by atomic mass is 10.0. The quantitative estimate of drug-likeness (QED) is 0.422. The number of nitrogens with zero attached hydrogens (tertiary/aromatic N) is 1. The van der Waals surface area contributed by atoms with E-state index in [4.69, 9.17) is 10.2 Å². The van der Waals surface area contributed by atoms with Crippen LogP contribution in [0.4, 0.5) is 11.4 Å². The van der Waals surface area contributed by atoms with Gasteiger partial charge < -0.3 is 15.5 Å². The summed E-state index contributed by atoms with van der Waals surface area (Å²) >= 11 is 0. The highest BCUT2D eigenvalue weighted by molar-refractivity contribution is 5.97. The standard InChI is InChI=1S/C16H12N2O6/c19-15(20)9-13(16(21)22)17-12-7-6-11(8-14(12)18(23)24)10-4-2-1-3-5-10/h1-9,17H,(H,19,20)(H,21,22). The molecule has 0 amide bonds. The van der Waals surface area contributed by atoms with Crippen molar-refractivity contribution in [2.75, 3.05) is 5.32 Å². The van der Waals surface area contributed by atoms with Gasteiger partial charge in [-0.2, -0.15) is 0 Å². The molecule has 0 unspecified atom stereocenters. The zero-order valence-electron chi connectivity index (χ0n) is 12.2. The highest BCUT2D eigenvalue weighted by Crippen LogP contribution is 2.31. The van der Waals surface area contributed by atoms with Gasteiger partial charge in [0.2, 0.25) is 0 Å². The molecule has 0 aliphatic carbocycles. The number of anilines is 1. The molecule has 0 bridgehead atoms. The zero-order valence-corrected chi connectivity index (χ0v) is 12.2. The molecule has 8 heteroatoms. The average molecular weight is 328 g/mol. The lowest BCUT2D eigenvalue weighted by Gasteiger charge is -2.09. The van der Waals surface area contributed by atoms with E-state index in [1.165, 1.54) is 12.1 Å². The minimum absolute atomic E-state index is 0.116. The van der Waals surface area contributed by atoms with Crippen molar-refractivity contribution in [3.63, 3.8) is 0 Å². The first-order valence-electron chi connectivity index (χ1n) is 6.67. The molecule has 3 N–H and O–H groups in total. The predicted octanol–water partition coefficient (Wildman–Crippen LogP) is 2.73. The summed E-state index contributed by atoms with van der Waals surface area (Å²) in [6.07, 6.45) is 0.428. The van der Waals surface area contributed by atoms with Gasteiger partial charge in [-0.05, 0) is 17.2 Å². The van der Waals surface area contributed by atoms with Crippen molar-refractivity contribution in [1.82, 2.24) is 0 Å². The smallest absolute Gasteiger partial charge is 0.352 e. The van der Waals surface area contributed by atoms with E-state index in [2.05, 4.69) is 5.32 Å². The van der Waals surface area contributed by atoms with Crippen molar-refractivity contribution in [3.05, 3.63) is 70.4 Å². The minimum atomic E-state index is -1.54. The second-order valence-corrected chi connectivity index (χ2v) is 4.68. The minimum Gasteiger partial charge on any atom is -0.478 e. The summed E-state index contributed by atoms with van der Waals surface area (Å²) in [4.78, 5) is 32.3. The van der Waals surface area contributed by atoms with E-state index in [0.29, 0.717) is 11.6 Å². The maximum atomic E-state index is 11.3. The summed E-state index contributed by atoms with van der Waals surface area (Å²) in [5, 5.41) is 31.2. The summed E-state index contributed by atoms with van der Waals surface area (Å²) in [5.74, 6) is -3.03. The first-order valence-corrected chi connectivity index (χ1v) is 6.67. The number of nitro groups is 1. The summed E-state index contributed by atoms with van der Waals surface area (Å²) in [7, 11) is 0. The third-order valence-electron chi connectivity index (χ3n) is 3.07. The Morgan fingerprint density at radius 1 is 1.04 bits per heavy atom. The fraction of sp³-hybridized carbons (Fsp3) is 0. The van der Waals surface area contributed by atoms with Crippen molar-refractivity contribution in [2.24, 2.45) is 0 Å². The number of nitrogens with one attached hydrogen (secondary N) is 1. The SMILES string of the molecule is O=C(O)C=C(Nc1ccc(-c2ccccc2)cc1[N+](=O)[O-])C(=O)O. The molecule has 0 aliphatic rings. The Balaban J connectivity index is 2.46. The molecule has 2 aromatic rings. The highest BCUT2D eigenvalue weighted by Gasteiger charge is 2.19.